The summed E-state index contributed by atoms with van der Waals surface area (Å²) in [5.74, 6) is 0. The fraction of sp³-hybridized carbons (Fsp3) is 0.263. The van der Waals surface area contributed by atoms with Gasteiger partial charge < -0.3 is 0 Å². The SMILES string of the molecule is FC(F)(F)c1cccc(CN2CCc3nc4cccnc4cc3C2)c1. The molecule has 1 aromatic carbocycles. The normalized spacial score (nSPS) is 15.3. The lowest BCUT2D eigenvalue weighted by atomic mass is 10.0. The molecule has 0 radical (unpaired) electrons. The van der Waals surface area contributed by atoms with E-state index >= 15 is 0 Å². The zero-order valence-corrected chi connectivity index (χ0v) is 13.4. The molecule has 25 heavy (non-hydrogen) atoms. The Hall–Kier alpha value is -2.47. The maximum absolute atomic E-state index is 12.9. The Morgan fingerprint density at radius 1 is 1.04 bits per heavy atom. The fourth-order valence-electron chi connectivity index (χ4n) is 3.26. The summed E-state index contributed by atoms with van der Waals surface area (Å²) >= 11 is 0. The van der Waals surface area contributed by atoms with Crippen LogP contribution in [-0.4, -0.2) is 21.4 Å². The van der Waals surface area contributed by atoms with Crippen LogP contribution >= 0.6 is 0 Å². The van der Waals surface area contributed by atoms with Gasteiger partial charge in [-0.05, 0) is 35.4 Å². The molecule has 0 atom stereocenters. The predicted molar refractivity (Wildman–Crippen MR) is 88.8 cm³/mol. The van der Waals surface area contributed by atoms with Crippen molar-refractivity contribution in [2.45, 2.75) is 25.7 Å². The van der Waals surface area contributed by atoms with E-state index in [-0.39, 0.29) is 0 Å². The highest BCUT2D eigenvalue weighted by Gasteiger charge is 2.30. The van der Waals surface area contributed by atoms with Crippen molar-refractivity contribution in [2.24, 2.45) is 0 Å². The molecular formula is C19H16F3N3. The highest BCUT2D eigenvalue weighted by Crippen LogP contribution is 2.30. The minimum atomic E-state index is -4.31. The molecule has 3 aromatic rings. The van der Waals surface area contributed by atoms with Gasteiger partial charge >= 0.3 is 6.18 Å². The van der Waals surface area contributed by atoms with Crippen molar-refractivity contribution in [3.05, 3.63) is 71.0 Å². The van der Waals surface area contributed by atoms with Crippen molar-refractivity contribution < 1.29 is 13.2 Å². The molecule has 0 saturated heterocycles. The van der Waals surface area contributed by atoms with Crippen molar-refractivity contribution in [2.75, 3.05) is 6.54 Å². The molecule has 4 rings (SSSR count). The average molecular weight is 343 g/mol. The van der Waals surface area contributed by atoms with Crippen molar-refractivity contribution in [3.8, 4) is 0 Å². The first-order valence-corrected chi connectivity index (χ1v) is 8.11. The zero-order chi connectivity index (χ0) is 17.4. The van der Waals surface area contributed by atoms with Gasteiger partial charge in [0, 0.05) is 37.9 Å². The molecule has 0 saturated carbocycles. The molecule has 3 nitrogen and oxygen atoms in total. The van der Waals surface area contributed by atoms with Crippen LogP contribution < -0.4 is 0 Å². The van der Waals surface area contributed by atoms with E-state index < -0.39 is 11.7 Å². The summed E-state index contributed by atoms with van der Waals surface area (Å²) in [7, 11) is 0. The molecule has 0 amide bonds. The molecule has 6 heteroatoms. The van der Waals surface area contributed by atoms with Gasteiger partial charge in [0.1, 0.15) is 0 Å². The van der Waals surface area contributed by atoms with Crippen molar-refractivity contribution in [1.29, 1.82) is 0 Å². The first kappa shape index (κ1) is 16.0. The van der Waals surface area contributed by atoms with Crippen LogP contribution in [0.5, 0.6) is 0 Å². The number of halogens is 3. The maximum atomic E-state index is 12.9. The van der Waals surface area contributed by atoms with Gasteiger partial charge in [0.2, 0.25) is 0 Å². The summed E-state index contributed by atoms with van der Waals surface area (Å²) in [4.78, 5) is 11.1. The Kier molecular flexibility index (Phi) is 3.92. The van der Waals surface area contributed by atoms with E-state index in [2.05, 4.69) is 14.9 Å². The number of fused-ring (bicyclic) bond motifs is 2. The van der Waals surface area contributed by atoms with Crippen LogP contribution in [0, 0.1) is 0 Å². The second-order valence-corrected chi connectivity index (χ2v) is 6.29. The van der Waals surface area contributed by atoms with E-state index in [0.29, 0.717) is 18.7 Å². The van der Waals surface area contributed by atoms with Crippen molar-refractivity contribution in [3.63, 3.8) is 0 Å². The molecule has 1 aliphatic heterocycles. The Morgan fingerprint density at radius 3 is 2.76 bits per heavy atom. The summed E-state index contributed by atoms with van der Waals surface area (Å²) in [6.45, 7) is 1.94. The molecule has 128 valence electrons. The smallest absolute Gasteiger partial charge is 0.294 e. The molecule has 0 unspecified atom stereocenters. The largest absolute Gasteiger partial charge is 0.416 e. The Morgan fingerprint density at radius 2 is 1.92 bits per heavy atom. The third kappa shape index (κ3) is 3.35. The monoisotopic (exact) mass is 343 g/mol. The third-order valence-corrected chi connectivity index (χ3v) is 4.47. The highest BCUT2D eigenvalue weighted by molar-refractivity contribution is 5.74. The van der Waals surface area contributed by atoms with E-state index in [9.17, 15) is 13.2 Å². The van der Waals surface area contributed by atoms with E-state index in [0.717, 1.165) is 41.3 Å². The van der Waals surface area contributed by atoms with Gasteiger partial charge in [0.15, 0.2) is 0 Å². The number of hydrogen-bond acceptors (Lipinski definition) is 3. The van der Waals surface area contributed by atoms with Crippen molar-refractivity contribution >= 4 is 11.0 Å². The first-order chi connectivity index (χ1) is 12.0. The minimum Gasteiger partial charge on any atom is -0.294 e. The number of benzene rings is 1. The number of aromatic nitrogens is 2. The number of pyridine rings is 2. The summed E-state index contributed by atoms with van der Waals surface area (Å²) in [5, 5.41) is 0. The molecule has 0 N–H and O–H groups in total. The predicted octanol–water partition coefficient (Wildman–Crippen LogP) is 4.21. The van der Waals surface area contributed by atoms with E-state index in [1.165, 1.54) is 12.1 Å². The second-order valence-electron chi connectivity index (χ2n) is 6.29. The maximum Gasteiger partial charge on any atom is 0.416 e. The summed E-state index contributed by atoms with van der Waals surface area (Å²) in [5.41, 5.74) is 3.96. The quantitative estimate of drug-likeness (QED) is 0.698. The third-order valence-electron chi connectivity index (χ3n) is 4.47. The molecule has 0 bridgehead atoms. The lowest BCUT2D eigenvalue weighted by Crippen LogP contribution is -2.30. The molecule has 3 heterocycles. The van der Waals surface area contributed by atoms with Crippen LogP contribution in [-0.2, 0) is 25.7 Å². The van der Waals surface area contributed by atoms with Gasteiger partial charge in [0.05, 0.1) is 16.6 Å². The average Bonchev–Trinajstić information content (AvgIpc) is 2.59. The Labute approximate surface area is 143 Å². The van der Waals surface area contributed by atoms with Crippen LogP contribution in [0.3, 0.4) is 0 Å². The first-order valence-electron chi connectivity index (χ1n) is 8.11. The summed E-state index contributed by atoms with van der Waals surface area (Å²) in [6, 6.07) is 11.4. The zero-order valence-electron chi connectivity index (χ0n) is 13.4. The van der Waals surface area contributed by atoms with Gasteiger partial charge in [-0.2, -0.15) is 13.2 Å². The van der Waals surface area contributed by atoms with E-state index in [4.69, 9.17) is 0 Å². The van der Waals surface area contributed by atoms with Crippen LogP contribution in [0.15, 0.2) is 48.7 Å². The van der Waals surface area contributed by atoms with Crippen LogP contribution in [0.25, 0.3) is 11.0 Å². The van der Waals surface area contributed by atoms with E-state index in [1.54, 1.807) is 12.3 Å². The molecule has 0 aliphatic carbocycles. The fourth-order valence-corrected chi connectivity index (χ4v) is 3.26. The van der Waals surface area contributed by atoms with Gasteiger partial charge in [-0.1, -0.05) is 18.2 Å². The minimum absolute atomic E-state index is 0.490. The summed E-state index contributed by atoms with van der Waals surface area (Å²) in [6.07, 6.45) is -1.78. The van der Waals surface area contributed by atoms with Gasteiger partial charge in [-0.25, -0.2) is 0 Å². The van der Waals surface area contributed by atoms with E-state index in [1.807, 2.05) is 18.2 Å². The number of alkyl halides is 3. The van der Waals surface area contributed by atoms with Gasteiger partial charge in [-0.3, -0.25) is 14.9 Å². The standard InChI is InChI=1S/C19H16F3N3/c20-19(21,22)15-4-1-3-13(9-15)11-25-8-6-16-14(12-25)10-18-17(24-16)5-2-7-23-18/h1-5,7,9-10H,6,8,11-12H2. The van der Waals surface area contributed by atoms with Crippen molar-refractivity contribution in [1.82, 2.24) is 14.9 Å². The Balaban J connectivity index is 1.56. The molecule has 2 aromatic heterocycles. The van der Waals surface area contributed by atoms with Gasteiger partial charge in [-0.15, -0.1) is 0 Å². The van der Waals surface area contributed by atoms with Gasteiger partial charge in [0.25, 0.3) is 0 Å². The van der Waals surface area contributed by atoms with Crippen LogP contribution in [0.1, 0.15) is 22.4 Å². The number of rotatable bonds is 2. The number of hydrogen-bond donors (Lipinski definition) is 0. The summed E-state index contributed by atoms with van der Waals surface area (Å²) < 4.78 is 38.6. The lowest BCUT2D eigenvalue weighted by Gasteiger charge is -2.28. The highest BCUT2D eigenvalue weighted by atomic mass is 19.4. The molecule has 1 aliphatic rings. The number of nitrogens with zero attached hydrogens (tertiary/aromatic N) is 3. The second kappa shape index (κ2) is 6.11. The lowest BCUT2D eigenvalue weighted by molar-refractivity contribution is -0.137. The van der Waals surface area contributed by atoms with Crippen LogP contribution in [0.4, 0.5) is 13.2 Å². The molecule has 0 spiro atoms. The molecular weight excluding hydrogens is 327 g/mol. The topological polar surface area (TPSA) is 29.0 Å². The van der Waals surface area contributed by atoms with Crippen LogP contribution in [0.2, 0.25) is 0 Å². The molecule has 0 fully saturated rings. The Bertz CT molecular complexity index is 921.